The molecule has 0 amide bonds. The van der Waals surface area contributed by atoms with E-state index >= 15 is 0 Å². The van der Waals surface area contributed by atoms with Crippen LogP contribution in [-0.4, -0.2) is 10.6 Å². The third-order valence-corrected chi connectivity index (χ3v) is 13.9. The molecule has 292 valence electrons. The summed E-state index contributed by atoms with van der Waals surface area (Å²) in [6, 6.07) is 66.2. The highest BCUT2D eigenvalue weighted by Gasteiger charge is 2.36. The first kappa shape index (κ1) is 35.8. The Morgan fingerprint density at radius 2 is 1.11 bits per heavy atom. The summed E-state index contributed by atoms with van der Waals surface area (Å²) in [7, 11) is 0. The van der Waals surface area contributed by atoms with Crippen molar-refractivity contribution in [2.75, 3.05) is 4.90 Å². The monoisotopic (exact) mass is 782 g/mol. The number of hydrogen-bond acceptors (Lipinski definition) is 1. The first-order valence-corrected chi connectivity index (χ1v) is 21.8. The van der Waals surface area contributed by atoms with Gasteiger partial charge in [-0.1, -0.05) is 159 Å². The van der Waals surface area contributed by atoms with E-state index in [0.29, 0.717) is 17.9 Å². The number of anilines is 2. The molecule has 3 aliphatic rings. The summed E-state index contributed by atoms with van der Waals surface area (Å²) in [5.74, 6) is 0.839. The maximum absolute atomic E-state index is 2.57. The molecule has 0 N–H and O–H groups in total. The summed E-state index contributed by atoms with van der Waals surface area (Å²) in [5.41, 5.74) is 16.3. The smallest absolute Gasteiger partial charge is 0.0541 e. The van der Waals surface area contributed by atoms with Gasteiger partial charge in [0.2, 0.25) is 0 Å². The second-order valence-electron chi connectivity index (χ2n) is 17.7. The highest BCUT2D eigenvalue weighted by molar-refractivity contribution is 6.12. The number of hydrogen-bond donors (Lipinski definition) is 0. The van der Waals surface area contributed by atoms with E-state index in [1.165, 1.54) is 94.1 Å². The number of benzene rings is 8. The fourth-order valence-electron chi connectivity index (χ4n) is 10.8. The van der Waals surface area contributed by atoms with Crippen LogP contribution in [0.25, 0.3) is 71.6 Å². The zero-order valence-electron chi connectivity index (χ0n) is 34.5. The summed E-state index contributed by atoms with van der Waals surface area (Å²) < 4.78 is 2.49. The summed E-state index contributed by atoms with van der Waals surface area (Å²) in [6.45, 7) is 4.74. The Morgan fingerprint density at radius 3 is 1.92 bits per heavy atom. The van der Waals surface area contributed by atoms with E-state index in [-0.39, 0.29) is 5.41 Å². The van der Waals surface area contributed by atoms with Gasteiger partial charge in [-0.25, -0.2) is 0 Å². The van der Waals surface area contributed by atoms with Crippen molar-refractivity contribution in [3.8, 4) is 39.1 Å². The molecule has 0 aliphatic heterocycles. The highest BCUT2D eigenvalue weighted by atomic mass is 15.2. The number of aromatic nitrogens is 1. The first-order chi connectivity index (χ1) is 30.0. The van der Waals surface area contributed by atoms with Crippen LogP contribution in [0.2, 0.25) is 0 Å². The van der Waals surface area contributed by atoms with E-state index in [2.05, 4.69) is 236 Å². The van der Waals surface area contributed by atoms with E-state index in [9.17, 15) is 0 Å². The topological polar surface area (TPSA) is 8.17 Å². The van der Waals surface area contributed by atoms with Gasteiger partial charge >= 0.3 is 0 Å². The molecule has 61 heavy (non-hydrogen) atoms. The van der Waals surface area contributed by atoms with Gasteiger partial charge in [0.05, 0.1) is 11.0 Å². The van der Waals surface area contributed by atoms with Crippen LogP contribution in [0.15, 0.2) is 212 Å². The summed E-state index contributed by atoms with van der Waals surface area (Å²) >= 11 is 0. The third-order valence-electron chi connectivity index (χ3n) is 13.9. The van der Waals surface area contributed by atoms with Crippen molar-refractivity contribution in [2.24, 2.45) is 11.8 Å². The molecule has 1 aromatic heterocycles. The Kier molecular flexibility index (Phi) is 8.19. The van der Waals surface area contributed by atoms with Crippen LogP contribution < -0.4 is 4.90 Å². The van der Waals surface area contributed by atoms with E-state index in [1.807, 2.05) is 0 Å². The molecule has 3 unspecified atom stereocenters. The first-order valence-electron chi connectivity index (χ1n) is 21.8. The van der Waals surface area contributed by atoms with Crippen LogP contribution >= 0.6 is 0 Å². The lowest BCUT2D eigenvalue weighted by Gasteiger charge is -2.42. The Hall–Kier alpha value is -7.16. The lowest BCUT2D eigenvalue weighted by atomic mass is 9.77. The van der Waals surface area contributed by atoms with Gasteiger partial charge in [-0.3, -0.25) is 0 Å². The largest absolute Gasteiger partial charge is 0.337 e. The molecule has 3 atom stereocenters. The number of allylic oxidation sites excluding steroid dienone is 4. The van der Waals surface area contributed by atoms with Gasteiger partial charge in [-0.2, -0.15) is 0 Å². The van der Waals surface area contributed by atoms with Crippen molar-refractivity contribution in [1.82, 2.24) is 4.57 Å². The van der Waals surface area contributed by atoms with E-state index in [0.717, 1.165) is 6.42 Å². The number of para-hydroxylation sites is 1. The Bertz CT molecular complexity index is 3270. The summed E-state index contributed by atoms with van der Waals surface area (Å²) in [4.78, 5) is 2.57. The van der Waals surface area contributed by atoms with Gasteiger partial charge in [0.1, 0.15) is 0 Å². The quantitative estimate of drug-likeness (QED) is 0.153. The van der Waals surface area contributed by atoms with Gasteiger partial charge in [0.25, 0.3) is 0 Å². The van der Waals surface area contributed by atoms with Crippen molar-refractivity contribution in [2.45, 2.75) is 31.7 Å². The predicted octanol–water partition coefficient (Wildman–Crippen LogP) is 15.4. The molecule has 0 bridgehead atoms. The molecule has 9 aromatic rings. The maximum Gasteiger partial charge on any atom is 0.0541 e. The molecule has 1 heterocycles. The Morgan fingerprint density at radius 1 is 0.492 bits per heavy atom. The fraction of sp³-hybridized carbons (Fsp3) is 0.119. The van der Waals surface area contributed by atoms with Crippen molar-refractivity contribution >= 4 is 44.0 Å². The van der Waals surface area contributed by atoms with Gasteiger partial charge < -0.3 is 9.47 Å². The molecule has 0 saturated heterocycles. The lowest BCUT2D eigenvalue weighted by Crippen LogP contribution is -2.41. The Labute approximate surface area is 358 Å². The molecule has 12 rings (SSSR count). The highest BCUT2D eigenvalue weighted by Crippen LogP contribution is 2.50. The average Bonchev–Trinajstić information content (AvgIpc) is 3.76. The molecule has 8 aromatic carbocycles. The zero-order valence-corrected chi connectivity index (χ0v) is 34.5. The van der Waals surface area contributed by atoms with E-state index < -0.39 is 0 Å². The molecule has 2 nitrogen and oxygen atoms in total. The minimum Gasteiger partial charge on any atom is -0.337 e. The lowest BCUT2D eigenvalue weighted by molar-refractivity contribution is 0.418. The SMILES string of the molecule is CC1(C)c2ccccc2-c2ccc(-n3c4ccc(-c5ccc(N(c6ccccc6)C6CC=CC7C=CC=CC76)cc5)cc4c4cc(-c5ccc6ccccc6c5)ccc43)cc21. The number of rotatable bonds is 6. The molecular formula is C59H46N2. The minimum atomic E-state index is -0.0844. The molecule has 0 saturated carbocycles. The van der Waals surface area contributed by atoms with Crippen molar-refractivity contribution in [3.05, 3.63) is 224 Å². The van der Waals surface area contributed by atoms with Crippen LogP contribution in [0.3, 0.4) is 0 Å². The van der Waals surface area contributed by atoms with Crippen molar-refractivity contribution in [1.29, 1.82) is 0 Å². The summed E-state index contributed by atoms with van der Waals surface area (Å²) in [6.07, 6.45) is 14.9. The van der Waals surface area contributed by atoms with Crippen LogP contribution in [0.5, 0.6) is 0 Å². The molecule has 0 radical (unpaired) electrons. The van der Waals surface area contributed by atoms with Crippen molar-refractivity contribution in [3.63, 3.8) is 0 Å². The van der Waals surface area contributed by atoms with Crippen LogP contribution in [0.4, 0.5) is 11.4 Å². The standard InChI is InChI=1S/C59H46N2/c1-59(2)54-21-11-10-20-50(54)51-32-31-48(38-55(51)59)61-57-33-27-44(36-52(57)53-37-45(28-34-58(53)61)43-24-23-39-13-6-7-15-42(39)35-43)40-25-29-47(30-26-40)60(46-17-4-3-5-18-46)56-22-12-16-41-14-8-9-19-49(41)56/h3-21,23-38,41,49,56H,22H2,1-2H3. The van der Waals surface area contributed by atoms with E-state index in [1.54, 1.807) is 0 Å². The molecule has 3 aliphatic carbocycles. The molecular weight excluding hydrogens is 737 g/mol. The maximum atomic E-state index is 2.57. The van der Waals surface area contributed by atoms with E-state index in [4.69, 9.17) is 0 Å². The molecule has 0 fully saturated rings. The van der Waals surface area contributed by atoms with Gasteiger partial charge in [-0.05, 0) is 128 Å². The average molecular weight is 783 g/mol. The minimum absolute atomic E-state index is 0.0844. The third kappa shape index (κ3) is 5.77. The Balaban J connectivity index is 0.990. The second-order valence-corrected chi connectivity index (χ2v) is 17.7. The van der Waals surface area contributed by atoms with Crippen LogP contribution in [-0.2, 0) is 5.41 Å². The number of nitrogens with zero attached hydrogens (tertiary/aromatic N) is 2. The summed E-state index contributed by atoms with van der Waals surface area (Å²) in [5, 5.41) is 5.03. The van der Waals surface area contributed by atoms with Crippen LogP contribution in [0, 0.1) is 11.8 Å². The zero-order chi connectivity index (χ0) is 40.7. The number of fused-ring (bicyclic) bond motifs is 8. The normalized spacial score (nSPS) is 18.4. The molecule has 0 spiro atoms. The van der Waals surface area contributed by atoms with Gasteiger partial charge in [0.15, 0.2) is 0 Å². The molecule has 2 heteroatoms. The van der Waals surface area contributed by atoms with Gasteiger partial charge in [0, 0.05) is 51.1 Å². The fourth-order valence-corrected chi connectivity index (χ4v) is 10.8. The van der Waals surface area contributed by atoms with Crippen LogP contribution in [0.1, 0.15) is 31.4 Å². The second kappa shape index (κ2) is 14.0. The van der Waals surface area contributed by atoms with Crippen molar-refractivity contribution < 1.29 is 0 Å². The van der Waals surface area contributed by atoms with Gasteiger partial charge in [-0.15, -0.1) is 0 Å². The predicted molar refractivity (Wildman–Crippen MR) is 258 cm³/mol.